The Morgan fingerprint density at radius 1 is 0.766 bits per heavy atom. The molecular weight excluding hydrogens is 588 g/mol. The van der Waals surface area contributed by atoms with E-state index in [1.807, 2.05) is 86.6 Å². The number of piperazine rings is 1. The molecule has 0 spiro atoms. The predicted molar refractivity (Wildman–Crippen MR) is 188 cm³/mol. The van der Waals surface area contributed by atoms with Crippen molar-refractivity contribution in [2.24, 2.45) is 0 Å². The normalized spacial score (nSPS) is 13.2. The Labute approximate surface area is 276 Å². The molecular formula is C38H40N6O3. The lowest BCUT2D eigenvalue weighted by atomic mass is 10.1. The Morgan fingerprint density at radius 2 is 1.40 bits per heavy atom. The molecule has 47 heavy (non-hydrogen) atoms. The van der Waals surface area contributed by atoms with Crippen molar-refractivity contribution in [2.75, 3.05) is 48.3 Å². The number of anilines is 4. The van der Waals surface area contributed by atoms with Crippen molar-refractivity contribution in [1.29, 1.82) is 0 Å². The molecule has 1 aliphatic heterocycles. The number of aryl methyl sites for hydroxylation is 2. The Bertz CT molecular complexity index is 1770. The minimum atomic E-state index is -0.364. The van der Waals surface area contributed by atoms with E-state index in [1.165, 1.54) is 18.3 Å². The summed E-state index contributed by atoms with van der Waals surface area (Å²) in [6, 6.07) is 30.9. The Morgan fingerprint density at radius 3 is 2.06 bits per heavy atom. The first-order chi connectivity index (χ1) is 22.9. The maximum Gasteiger partial charge on any atom is 0.262 e. The third-order valence-electron chi connectivity index (χ3n) is 8.14. The van der Waals surface area contributed by atoms with Gasteiger partial charge >= 0.3 is 0 Å². The highest BCUT2D eigenvalue weighted by Crippen LogP contribution is 2.30. The first-order valence-electron chi connectivity index (χ1n) is 16.0. The van der Waals surface area contributed by atoms with Crippen molar-refractivity contribution in [3.8, 4) is 23.1 Å². The number of hydrogen-bond donors (Lipinski definition) is 2. The van der Waals surface area contributed by atoms with Gasteiger partial charge in [-0.3, -0.25) is 9.69 Å². The molecule has 0 bridgehead atoms. The highest BCUT2D eigenvalue weighted by atomic mass is 16.5. The fourth-order valence-corrected chi connectivity index (χ4v) is 5.60. The summed E-state index contributed by atoms with van der Waals surface area (Å²) < 4.78 is 12.1. The zero-order valence-electron chi connectivity index (χ0n) is 27.1. The smallest absolute Gasteiger partial charge is 0.262 e. The molecule has 1 aromatic heterocycles. The second-order valence-corrected chi connectivity index (χ2v) is 11.6. The van der Waals surface area contributed by atoms with Crippen molar-refractivity contribution in [1.82, 2.24) is 14.9 Å². The number of amides is 1. The van der Waals surface area contributed by atoms with E-state index >= 15 is 0 Å². The van der Waals surface area contributed by atoms with Gasteiger partial charge in [-0.15, -0.1) is 0 Å². The summed E-state index contributed by atoms with van der Waals surface area (Å²) in [6.07, 6.45) is 2.67. The molecule has 9 nitrogen and oxygen atoms in total. The van der Waals surface area contributed by atoms with Crippen molar-refractivity contribution in [2.45, 2.75) is 27.2 Å². The first kappa shape index (κ1) is 31.6. The van der Waals surface area contributed by atoms with Gasteiger partial charge in [-0.1, -0.05) is 43.3 Å². The van der Waals surface area contributed by atoms with Crippen molar-refractivity contribution >= 4 is 28.9 Å². The minimum Gasteiger partial charge on any atom is -0.457 e. The average molecular weight is 629 g/mol. The molecule has 9 heteroatoms. The van der Waals surface area contributed by atoms with Crippen molar-refractivity contribution in [3.05, 3.63) is 120 Å². The number of para-hydroxylation sites is 2. The molecule has 1 amide bonds. The van der Waals surface area contributed by atoms with Crippen LogP contribution in [0.25, 0.3) is 0 Å². The zero-order valence-corrected chi connectivity index (χ0v) is 27.1. The molecule has 2 heterocycles. The van der Waals surface area contributed by atoms with E-state index < -0.39 is 0 Å². The second kappa shape index (κ2) is 14.8. The molecule has 0 unspecified atom stereocenters. The molecule has 0 atom stereocenters. The maximum atomic E-state index is 13.6. The number of benzene rings is 4. The number of carbonyl (C=O) groups is 1. The van der Waals surface area contributed by atoms with Crippen molar-refractivity contribution < 1.29 is 14.3 Å². The summed E-state index contributed by atoms with van der Waals surface area (Å²) in [5.41, 5.74) is 4.90. The summed E-state index contributed by atoms with van der Waals surface area (Å²) in [5.74, 6) is 1.97. The SMILES string of the molecule is CCCN1CCN(c2ccc(Nc3ncc(C(=O)Nc4c(C)cccc4C)c(Oc4ccc(Oc5ccccc5)cc4)n3)cc2)CC1. The van der Waals surface area contributed by atoms with Crippen LogP contribution in [0.5, 0.6) is 23.1 Å². The third kappa shape index (κ3) is 8.06. The van der Waals surface area contributed by atoms with E-state index in [1.54, 1.807) is 12.1 Å². The van der Waals surface area contributed by atoms with Crippen LogP contribution in [-0.2, 0) is 0 Å². The van der Waals surface area contributed by atoms with Crippen LogP contribution < -0.4 is 25.0 Å². The van der Waals surface area contributed by atoms with Gasteiger partial charge in [-0.25, -0.2) is 4.98 Å². The zero-order chi connectivity index (χ0) is 32.6. The van der Waals surface area contributed by atoms with Crippen LogP contribution in [0, 0.1) is 13.8 Å². The molecule has 4 aromatic carbocycles. The Kier molecular flexibility index (Phi) is 9.93. The van der Waals surface area contributed by atoms with Gasteiger partial charge in [0.1, 0.15) is 22.8 Å². The predicted octanol–water partition coefficient (Wildman–Crippen LogP) is 8.21. The van der Waals surface area contributed by atoms with Gasteiger partial charge in [0.05, 0.1) is 0 Å². The molecule has 1 fully saturated rings. The van der Waals surface area contributed by atoms with E-state index in [-0.39, 0.29) is 17.4 Å². The van der Waals surface area contributed by atoms with E-state index in [0.29, 0.717) is 17.4 Å². The summed E-state index contributed by atoms with van der Waals surface area (Å²) in [5, 5.41) is 6.30. The van der Waals surface area contributed by atoms with Crippen molar-refractivity contribution in [3.63, 3.8) is 0 Å². The molecule has 5 aromatic rings. The minimum absolute atomic E-state index is 0.129. The fourth-order valence-electron chi connectivity index (χ4n) is 5.60. The van der Waals surface area contributed by atoms with Crippen LogP contribution in [0.4, 0.5) is 23.0 Å². The highest BCUT2D eigenvalue weighted by molar-refractivity contribution is 6.06. The number of aromatic nitrogens is 2. The molecule has 240 valence electrons. The lowest BCUT2D eigenvalue weighted by Crippen LogP contribution is -2.46. The molecule has 1 saturated heterocycles. The van der Waals surface area contributed by atoms with Gasteiger partial charge in [0.15, 0.2) is 0 Å². The highest BCUT2D eigenvalue weighted by Gasteiger charge is 2.20. The summed E-state index contributed by atoms with van der Waals surface area (Å²) >= 11 is 0. The van der Waals surface area contributed by atoms with Crippen LogP contribution in [0.15, 0.2) is 103 Å². The summed E-state index contributed by atoms with van der Waals surface area (Å²) in [6.45, 7) is 11.5. The first-order valence-corrected chi connectivity index (χ1v) is 16.0. The number of carbonyl (C=O) groups excluding carboxylic acids is 1. The summed E-state index contributed by atoms with van der Waals surface area (Å²) in [7, 11) is 0. The molecule has 1 aliphatic rings. The van der Waals surface area contributed by atoms with Gasteiger partial charge < -0.3 is 25.0 Å². The molecule has 0 radical (unpaired) electrons. The maximum absolute atomic E-state index is 13.6. The standard InChI is InChI=1S/C38H40N6O3/c1-4-21-43-22-24-44(25-23-43)30-15-13-29(14-16-30)40-38-39-26-34(36(45)41-35-27(2)9-8-10-28(35)3)37(42-38)47-33-19-17-32(18-20-33)46-31-11-6-5-7-12-31/h5-20,26H,4,21-25H2,1-3H3,(H,41,45)(H,39,40,42). The quantitative estimate of drug-likeness (QED) is 0.151. The second-order valence-electron chi connectivity index (χ2n) is 11.6. The largest absolute Gasteiger partial charge is 0.457 e. The van der Waals surface area contributed by atoms with E-state index in [9.17, 15) is 4.79 Å². The average Bonchev–Trinajstić information content (AvgIpc) is 3.09. The van der Waals surface area contributed by atoms with Crippen LogP contribution in [0.2, 0.25) is 0 Å². The van der Waals surface area contributed by atoms with Gasteiger partial charge in [-0.2, -0.15) is 4.98 Å². The monoisotopic (exact) mass is 628 g/mol. The Hall–Kier alpha value is -5.41. The molecule has 0 aliphatic carbocycles. The molecule has 2 N–H and O–H groups in total. The lowest BCUT2D eigenvalue weighted by Gasteiger charge is -2.36. The van der Waals surface area contributed by atoms with Crippen LogP contribution in [-0.4, -0.2) is 53.5 Å². The number of nitrogens with zero attached hydrogens (tertiary/aromatic N) is 4. The van der Waals surface area contributed by atoms with Crippen LogP contribution in [0.3, 0.4) is 0 Å². The van der Waals surface area contributed by atoms with E-state index in [2.05, 4.69) is 49.5 Å². The lowest BCUT2D eigenvalue weighted by molar-refractivity contribution is 0.102. The van der Waals surface area contributed by atoms with Gasteiger partial charge in [0, 0.05) is 49.4 Å². The van der Waals surface area contributed by atoms with E-state index in [0.717, 1.165) is 61.0 Å². The van der Waals surface area contributed by atoms with Gasteiger partial charge in [0.2, 0.25) is 11.8 Å². The number of rotatable bonds is 11. The van der Waals surface area contributed by atoms with Crippen LogP contribution in [0.1, 0.15) is 34.8 Å². The molecule has 0 saturated carbocycles. The number of nitrogens with one attached hydrogen (secondary N) is 2. The van der Waals surface area contributed by atoms with Crippen LogP contribution >= 0.6 is 0 Å². The topological polar surface area (TPSA) is 91.9 Å². The third-order valence-corrected chi connectivity index (χ3v) is 8.14. The Balaban J connectivity index is 1.21. The van der Waals surface area contributed by atoms with E-state index in [4.69, 9.17) is 9.47 Å². The summed E-state index contributed by atoms with van der Waals surface area (Å²) in [4.78, 5) is 27.6. The van der Waals surface area contributed by atoms with Gasteiger partial charge in [-0.05, 0) is 98.6 Å². The fraction of sp³-hybridized carbons (Fsp3) is 0.237. The number of ether oxygens (including phenoxy) is 2. The van der Waals surface area contributed by atoms with Gasteiger partial charge in [0.25, 0.3) is 5.91 Å². The number of hydrogen-bond acceptors (Lipinski definition) is 8. The molecule has 6 rings (SSSR count).